The third kappa shape index (κ3) is 3.37. The van der Waals surface area contributed by atoms with Crippen LogP contribution in [-0.2, 0) is 6.61 Å². The molecule has 7 nitrogen and oxygen atoms in total. The van der Waals surface area contributed by atoms with E-state index in [0.717, 1.165) is 11.1 Å². The highest BCUT2D eigenvalue weighted by Crippen LogP contribution is 2.37. The van der Waals surface area contributed by atoms with Crippen molar-refractivity contribution in [3.63, 3.8) is 0 Å². The lowest BCUT2D eigenvalue weighted by atomic mass is 10.0. The summed E-state index contributed by atoms with van der Waals surface area (Å²) >= 11 is 0. The van der Waals surface area contributed by atoms with E-state index in [1.807, 2.05) is 6.92 Å². The number of benzene rings is 2. The molecule has 1 aliphatic rings. The van der Waals surface area contributed by atoms with Crippen LogP contribution in [0.1, 0.15) is 27.2 Å². The van der Waals surface area contributed by atoms with Gasteiger partial charge in [-0.15, -0.1) is 0 Å². The van der Waals surface area contributed by atoms with Crippen molar-refractivity contribution in [1.29, 1.82) is 0 Å². The third-order valence-corrected chi connectivity index (χ3v) is 4.31. The number of non-ortho nitro benzene ring substituents is 1. The number of fused-ring (bicyclic) bond motifs is 1. The molecule has 2 aromatic carbocycles. The highest BCUT2D eigenvalue weighted by Gasteiger charge is 2.30. The van der Waals surface area contributed by atoms with Gasteiger partial charge in [0, 0.05) is 24.3 Å². The zero-order valence-corrected chi connectivity index (χ0v) is 14.9. The molecule has 7 heteroatoms. The number of nitro groups is 1. The molecule has 0 atom stereocenters. The molecule has 2 heterocycles. The van der Waals surface area contributed by atoms with Gasteiger partial charge in [0.15, 0.2) is 5.76 Å². The summed E-state index contributed by atoms with van der Waals surface area (Å²) in [5, 5.41) is 10.7. The van der Waals surface area contributed by atoms with Crippen LogP contribution >= 0.6 is 0 Å². The fourth-order valence-corrected chi connectivity index (χ4v) is 2.94. The molecule has 4 rings (SSSR count). The summed E-state index contributed by atoms with van der Waals surface area (Å²) < 4.78 is 16.7. The zero-order valence-electron chi connectivity index (χ0n) is 14.9. The Morgan fingerprint density at radius 2 is 1.96 bits per heavy atom. The Labute approximate surface area is 160 Å². The fourth-order valence-electron chi connectivity index (χ4n) is 2.94. The van der Waals surface area contributed by atoms with E-state index < -0.39 is 4.92 Å². The number of hydrogen-bond donors (Lipinski definition) is 0. The Balaban J connectivity index is 1.52. The van der Waals surface area contributed by atoms with Crippen molar-refractivity contribution in [3.8, 4) is 11.5 Å². The number of rotatable bonds is 5. The molecule has 0 radical (unpaired) electrons. The summed E-state index contributed by atoms with van der Waals surface area (Å²) in [6, 6.07) is 13.0. The standard InChI is InChI=1S/C21H15NO6/c1-13-9-17(27-12-14-4-6-15(7-5-14)22(24)25)11-18-20(13)21(23)19(28-18)10-16-3-2-8-26-16/h2-11H,12H2,1H3/b19-10-. The van der Waals surface area contributed by atoms with E-state index in [1.54, 1.807) is 42.5 Å². The number of Topliss-reactive ketones (excluding diaryl/α,β-unsaturated/α-hetero) is 1. The second kappa shape index (κ2) is 7.03. The van der Waals surface area contributed by atoms with Crippen LogP contribution in [0.4, 0.5) is 5.69 Å². The Morgan fingerprint density at radius 3 is 2.64 bits per heavy atom. The minimum atomic E-state index is -0.448. The largest absolute Gasteiger partial charge is 0.489 e. The zero-order chi connectivity index (χ0) is 19.7. The lowest BCUT2D eigenvalue weighted by Gasteiger charge is -2.09. The molecule has 0 fully saturated rings. The van der Waals surface area contributed by atoms with Gasteiger partial charge in [0.1, 0.15) is 23.9 Å². The molecule has 28 heavy (non-hydrogen) atoms. The van der Waals surface area contributed by atoms with Gasteiger partial charge in [0.2, 0.25) is 5.78 Å². The lowest BCUT2D eigenvalue weighted by molar-refractivity contribution is -0.384. The molecule has 0 spiro atoms. The van der Waals surface area contributed by atoms with Crippen molar-refractivity contribution in [2.24, 2.45) is 0 Å². The molecule has 0 N–H and O–H groups in total. The number of carbonyl (C=O) groups is 1. The van der Waals surface area contributed by atoms with Crippen molar-refractivity contribution >= 4 is 17.5 Å². The first-order valence-electron chi connectivity index (χ1n) is 8.50. The predicted molar refractivity (Wildman–Crippen MR) is 100 cm³/mol. The van der Waals surface area contributed by atoms with Crippen molar-refractivity contribution < 1.29 is 23.6 Å². The first kappa shape index (κ1) is 17.5. The molecule has 0 saturated carbocycles. The van der Waals surface area contributed by atoms with Crippen LogP contribution in [0.5, 0.6) is 11.5 Å². The molecule has 3 aromatic rings. The molecule has 0 amide bonds. The van der Waals surface area contributed by atoms with Crippen LogP contribution in [0.15, 0.2) is 65.0 Å². The van der Waals surface area contributed by atoms with Crippen molar-refractivity contribution in [2.45, 2.75) is 13.5 Å². The van der Waals surface area contributed by atoms with Crippen LogP contribution in [-0.4, -0.2) is 10.7 Å². The van der Waals surface area contributed by atoms with E-state index >= 15 is 0 Å². The maximum absolute atomic E-state index is 12.6. The van der Waals surface area contributed by atoms with Crippen LogP contribution < -0.4 is 9.47 Å². The Kier molecular flexibility index (Phi) is 4.41. The Morgan fingerprint density at radius 1 is 1.18 bits per heavy atom. The van der Waals surface area contributed by atoms with E-state index in [-0.39, 0.29) is 23.8 Å². The molecule has 0 bridgehead atoms. The highest BCUT2D eigenvalue weighted by atomic mass is 16.6. The summed E-state index contributed by atoms with van der Waals surface area (Å²) in [5.41, 5.74) is 2.06. The molecule has 0 unspecified atom stereocenters. The van der Waals surface area contributed by atoms with Gasteiger partial charge in [0.25, 0.3) is 5.69 Å². The Hall–Kier alpha value is -3.87. The number of carbonyl (C=O) groups excluding carboxylic acids is 1. The molecule has 1 aromatic heterocycles. The lowest BCUT2D eigenvalue weighted by Crippen LogP contribution is -2.00. The molecule has 0 aliphatic carbocycles. The fraction of sp³-hybridized carbons (Fsp3) is 0.0952. The van der Waals surface area contributed by atoms with Crippen LogP contribution in [0.2, 0.25) is 0 Å². The number of furan rings is 1. The quantitative estimate of drug-likeness (QED) is 0.364. The molecule has 140 valence electrons. The smallest absolute Gasteiger partial charge is 0.269 e. The normalized spacial score (nSPS) is 14.0. The molecular formula is C21H15NO6. The van der Waals surface area contributed by atoms with Gasteiger partial charge in [-0.1, -0.05) is 0 Å². The van der Waals surface area contributed by atoms with Gasteiger partial charge >= 0.3 is 0 Å². The summed E-state index contributed by atoms with van der Waals surface area (Å²) in [7, 11) is 0. The summed E-state index contributed by atoms with van der Waals surface area (Å²) in [4.78, 5) is 22.9. The minimum absolute atomic E-state index is 0.0277. The van der Waals surface area contributed by atoms with Crippen molar-refractivity contribution in [1.82, 2.24) is 0 Å². The number of allylic oxidation sites excluding steroid dienone is 1. The summed E-state index contributed by atoms with van der Waals surface area (Å²) in [6.07, 6.45) is 3.08. The SMILES string of the molecule is Cc1cc(OCc2ccc([N+](=O)[O-])cc2)cc2c1C(=O)/C(=C/c1ccco1)O2. The average molecular weight is 377 g/mol. The summed E-state index contributed by atoms with van der Waals surface area (Å²) in [6.45, 7) is 2.05. The van der Waals surface area contributed by atoms with Crippen molar-refractivity contribution in [2.75, 3.05) is 0 Å². The van der Waals surface area contributed by atoms with Gasteiger partial charge in [-0.05, 0) is 48.4 Å². The second-order valence-corrected chi connectivity index (χ2v) is 6.28. The third-order valence-electron chi connectivity index (χ3n) is 4.31. The molecule has 0 saturated heterocycles. The predicted octanol–water partition coefficient (Wildman–Crippen LogP) is 4.69. The minimum Gasteiger partial charge on any atom is -0.489 e. The van der Waals surface area contributed by atoms with E-state index in [2.05, 4.69) is 0 Å². The van der Waals surface area contributed by atoms with Gasteiger partial charge < -0.3 is 13.9 Å². The van der Waals surface area contributed by atoms with E-state index in [1.165, 1.54) is 18.4 Å². The monoisotopic (exact) mass is 377 g/mol. The summed E-state index contributed by atoms with van der Waals surface area (Å²) in [5.74, 6) is 1.50. The number of nitro benzene ring substituents is 1. The maximum Gasteiger partial charge on any atom is 0.269 e. The topological polar surface area (TPSA) is 91.8 Å². The van der Waals surface area contributed by atoms with E-state index in [9.17, 15) is 14.9 Å². The van der Waals surface area contributed by atoms with Crippen molar-refractivity contribution in [3.05, 3.63) is 93.1 Å². The number of ketones is 1. The van der Waals surface area contributed by atoms with Crippen LogP contribution in [0.25, 0.3) is 6.08 Å². The molecule has 1 aliphatic heterocycles. The number of aryl methyl sites for hydroxylation is 1. The van der Waals surface area contributed by atoms with Gasteiger partial charge in [-0.3, -0.25) is 14.9 Å². The Bertz CT molecular complexity index is 1080. The van der Waals surface area contributed by atoms with E-state index in [4.69, 9.17) is 13.9 Å². The maximum atomic E-state index is 12.6. The second-order valence-electron chi connectivity index (χ2n) is 6.28. The van der Waals surface area contributed by atoms with Crippen LogP contribution in [0.3, 0.4) is 0 Å². The first-order chi connectivity index (χ1) is 13.5. The number of nitrogens with zero attached hydrogens (tertiary/aromatic N) is 1. The van der Waals surface area contributed by atoms with Gasteiger partial charge in [-0.2, -0.15) is 0 Å². The van der Waals surface area contributed by atoms with Gasteiger partial charge in [0.05, 0.1) is 16.7 Å². The van der Waals surface area contributed by atoms with E-state index in [0.29, 0.717) is 22.8 Å². The highest BCUT2D eigenvalue weighted by molar-refractivity contribution is 6.15. The number of ether oxygens (including phenoxy) is 2. The number of hydrogen-bond acceptors (Lipinski definition) is 6. The first-order valence-corrected chi connectivity index (χ1v) is 8.50. The average Bonchev–Trinajstić information content (AvgIpc) is 3.29. The molecular weight excluding hydrogens is 362 g/mol. The van der Waals surface area contributed by atoms with Crippen LogP contribution in [0, 0.1) is 17.0 Å². The van der Waals surface area contributed by atoms with Gasteiger partial charge in [-0.25, -0.2) is 0 Å².